The van der Waals surface area contributed by atoms with Gasteiger partial charge in [-0.25, -0.2) is 9.50 Å². The van der Waals surface area contributed by atoms with Crippen molar-refractivity contribution in [2.24, 2.45) is 0 Å². The number of pyridine rings is 1. The Balaban J connectivity index is 1.38. The summed E-state index contributed by atoms with van der Waals surface area (Å²) < 4.78 is 15.1. The summed E-state index contributed by atoms with van der Waals surface area (Å²) in [5.41, 5.74) is 3.77. The first-order chi connectivity index (χ1) is 15.2. The number of hydrogen-bond acceptors (Lipinski definition) is 7. The number of rotatable bonds is 7. The highest BCUT2D eigenvalue weighted by molar-refractivity contribution is 5.84. The average Bonchev–Trinajstić information content (AvgIpc) is 3.44. The molecule has 0 atom stereocenters. The van der Waals surface area contributed by atoms with Crippen LogP contribution < -0.4 is 10.1 Å². The van der Waals surface area contributed by atoms with Crippen LogP contribution in [0.4, 0.5) is 5.95 Å². The van der Waals surface area contributed by atoms with Gasteiger partial charge in [0.05, 0.1) is 26.4 Å². The first kappa shape index (κ1) is 19.8. The molecular weight excluding hydrogens is 396 g/mol. The first-order valence-corrected chi connectivity index (χ1v) is 10.6. The smallest absolute Gasteiger partial charge is 0.244 e. The Labute approximate surface area is 179 Å². The Morgan fingerprint density at radius 1 is 1.16 bits per heavy atom. The molecule has 9 nitrogen and oxygen atoms in total. The van der Waals surface area contributed by atoms with Crippen molar-refractivity contribution >= 4 is 17.1 Å². The predicted molar refractivity (Wildman–Crippen MR) is 116 cm³/mol. The fourth-order valence-corrected chi connectivity index (χ4v) is 4.28. The highest BCUT2D eigenvalue weighted by Gasteiger charge is 2.23. The number of fused-ring (bicyclic) bond motifs is 2. The topological polar surface area (TPSA) is 98.2 Å². The summed E-state index contributed by atoms with van der Waals surface area (Å²) in [6.45, 7) is 0.477. The maximum Gasteiger partial charge on any atom is 0.244 e. The normalized spacial score (nSPS) is 19.2. The number of nitrogens with one attached hydrogen (secondary N) is 1. The molecule has 162 valence electrons. The molecule has 1 fully saturated rings. The second-order valence-electron chi connectivity index (χ2n) is 7.79. The molecule has 9 heteroatoms. The van der Waals surface area contributed by atoms with Gasteiger partial charge in [0.1, 0.15) is 11.2 Å². The van der Waals surface area contributed by atoms with E-state index in [1.807, 2.05) is 45.7 Å². The molecule has 1 aliphatic rings. The third-order valence-corrected chi connectivity index (χ3v) is 5.82. The van der Waals surface area contributed by atoms with E-state index in [1.54, 1.807) is 13.3 Å². The maximum atomic E-state index is 8.92. The number of ether oxygens (including phenoxy) is 2. The quantitative estimate of drug-likeness (QED) is 0.473. The second-order valence-corrected chi connectivity index (χ2v) is 7.79. The van der Waals surface area contributed by atoms with Crippen LogP contribution >= 0.6 is 0 Å². The van der Waals surface area contributed by atoms with E-state index < -0.39 is 0 Å². The first-order valence-electron chi connectivity index (χ1n) is 10.6. The third-order valence-electron chi connectivity index (χ3n) is 5.82. The van der Waals surface area contributed by atoms with Crippen molar-refractivity contribution in [1.29, 1.82) is 0 Å². The third kappa shape index (κ3) is 3.94. The number of methoxy groups -OCH3 is 1. The van der Waals surface area contributed by atoms with E-state index in [0.717, 1.165) is 48.0 Å². The molecule has 4 aromatic heterocycles. The lowest BCUT2D eigenvalue weighted by Crippen LogP contribution is -2.31. The molecule has 2 N–H and O–H groups in total. The largest absolute Gasteiger partial charge is 0.479 e. The number of anilines is 1. The van der Waals surface area contributed by atoms with E-state index in [4.69, 9.17) is 14.6 Å². The van der Waals surface area contributed by atoms with Gasteiger partial charge in [0, 0.05) is 42.0 Å². The summed E-state index contributed by atoms with van der Waals surface area (Å²) in [5.74, 6) is 1.08. The minimum Gasteiger partial charge on any atom is -0.479 e. The SMILES string of the molecule is COc1nc(NC2CCC(OCCO)CC2)nn2ccc(-c3ccc4nccn4c3)c12. The van der Waals surface area contributed by atoms with Crippen LogP contribution in [0.15, 0.2) is 43.0 Å². The lowest BCUT2D eigenvalue weighted by molar-refractivity contribution is 0.00718. The summed E-state index contributed by atoms with van der Waals surface area (Å²) in [6.07, 6.45) is 11.8. The average molecular weight is 422 g/mol. The number of aromatic nitrogens is 5. The molecule has 5 rings (SSSR count). The Hall–Kier alpha value is -3.17. The van der Waals surface area contributed by atoms with E-state index in [1.165, 1.54) is 0 Å². The number of imidazole rings is 1. The van der Waals surface area contributed by atoms with E-state index in [-0.39, 0.29) is 18.8 Å². The van der Waals surface area contributed by atoms with Gasteiger partial charge in [-0.3, -0.25) is 0 Å². The van der Waals surface area contributed by atoms with Gasteiger partial charge in [0.15, 0.2) is 0 Å². The van der Waals surface area contributed by atoms with Gasteiger partial charge in [-0.15, -0.1) is 5.10 Å². The van der Waals surface area contributed by atoms with Crippen molar-refractivity contribution in [2.75, 3.05) is 25.6 Å². The van der Waals surface area contributed by atoms with Crippen molar-refractivity contribution in [3.8, 4) is 17.0 Å². The molecule has 4 heterocycles. The number of aliphatic hydroxyl groups excluding tert-OH is 1. The maximum absolute atomic E-state index is 8.92. The molecule has 0 amide bonds. The summed E-state index contributed by atoms with van der Waals surface area (Å²) in [7, 11) is 1.63. The van der Waals surface area contributed by atoms with Crippen LogP contribution in [0.3, 0.4) is 0 Å². The van der Waals surface area contributed by atoms with Crippen molar-refractivity contribution < 1.29 is 14.6 Å². The zero-order chi connectivity index (χ0) is 21.2. The minimum atomic E-state index is 0.0703. The molecule has 31 heavy (non-hydrogen) atoms. The van der Waals surface area contributed by atoms with Gasteiger partial charge in [0.25, 0.3) is 0 Å². The molecule has 4 aromatic rings. The summed E-state index contributed by atoms with van der Waals surface area (Å²) in [5, 5.41) is 17.0. The molecule has 0 saturated heterocycles. The highest BCUT2D eigenvalue weighted by Crippen LogP contribution is 2.32. The van der Waals surface area contributed by atoms with Gasteiger partial charge in [0.2, 0.25) is 11.8 Å². The number of hydrogen-bond donors (Lipinski definition) is 2. The van der Waals surface area contributed by atoms with Crippen molar-refractivity contribution in [3.05, 3.63) is 43.0 Å². The van der Waals surface area contributed by atoms with E-state index >= 15 is 0 Å². The van der Waals surface area contributed by atoms with Crippen LogP contribution in [0.2, 0.25) is 0 Å². The zero-order valence-corrected chi connectivity index (χ0v) is 17.4. The van der Waals surface area contributed by atoms with Crippen molar-refractivity contribution in [2.45, 2.75) is 37.8 Å². The highest BCUT2D eigenvalue weighted by atomic mass is 16.5. The van der Waals surface area contributed by atoms with Gasteiger partial charge in [-0.05, 0) is 43.9 Å². The molecule has 0 unspecified atom stereocenters. The lowest BCUT2D eigenvalue weighted by Gasteiger charge is -2.29. The van der Waals surface area contributed by atoms with Crippen LogP contribution in [0.1, 0.15) is 25.7 Å². The van der Waals surface area contributed by atoms with E-state index in [9.17, 15) is 0 Å². The van der Waals surface area contributed by atoms with Crippen LogP contribution in [0.25, 0.3) is 22.3 Å². The van der Waals surface area contributed by atoms with Crippen molar-refractivity contribution in [3.63, 3.8) is 0 Å². The molecular formula is C22H26N6O3. The number of aliphatic hydroxyl groups is 1. The molecule has 1 aliphatic carbocycles. The van der Waals surface area contributed by atoms with Gasteiger partial charge < -0.3 is 24.3 Å². The van der Waals surface area contributed by atoms with Crippen LogP contribution in [-0.2, 0) is 4.74 Å². The Morgan fingerprint density at radius 3 is 2.84 bits per heavy atom. The molecule has 0 radical (unpaired) electrons. The summed E-state index contributed by atoms with van der Waals surface area (Å²) in [4.78, 5) is 8.95. The van der Waals surface area contributed by atoms with E-state index in [2.05, 4.69) is 20.4 Å². The Morgan fingerprint density at radius 2 is 2.03 bits per heavy atom. The standard InChI is InChI=1S/C22H26N6O3/c1-30-21-20-18(15-2-7-19-23-9-11-27(19)14-15)8-10-28(20)26-22(25-21)24-16-3-5-17(6-4-16)31-13-12-29/h2,7-11,14,16-17,29H,3-6,12-13H2,1H3,(H,24,26). The van der Waals surface area contributed by atoms with Crippen LogP contribution in [-0.4, -0.2) is 61.6 Å². The van der Waals surface area contributed by atoms with Gasteiger partial charge >= 0.3 is 0 Å². The number of nitrogens with zero attached hydrogens (tertiary/aromatic N) is 5. The minimum absolute atomic E-state index is 0.0703. The van der Waals surface area contributed by atoms with Gasteiger partial charge in [-0.2, -0.15) is 4.98 Å². The zero-order valence-electron chi connectivity index (χ0n) is 17.4. The van der Waals surface area contributed by atoms with E-state index in [0.29, 0.717) is 18.4 Å². The molecule has 0 aliphatic heterocycles. The lowest BCUT2D eigenvalue weighted by atomic mass is 9.93. The summed E-state index contributed by atoms with van der Waals surface area (Å²) in [6, 6.07) is 6.34. The Bertz CT molecular complexity index is 1180. The fourth-order valence-electron chi connectivity index (χ4n) is 4.28. The monoisotopic (exact) mass is 422 g/mol. The summed E-state index contributed by atoms with van der Waals surface area (Å²) >= 11 is 0. The Kier molecular flexibility index (Phi) is 5.44. The molecule has 0 bridgehead atoms. The van der Waals surface area contributed by atoms with Crippen molar-refractivity contribution in [1.82, 2.24) is 24.0 Å². The fraction of sp³-hybridized carbons (Fsp3) is 0.409. The second kappa shape index (κ2) is 8.52. The van der Waals surface area contributed by atoms with Gasteiger partial charge in [-0.1, -0.05) is 0 Å². The molecule has 0 spiro atoms. The van der Waals surface area contributed by atoms with Crippen LogP contribution in [0, 0.1) is 0 Å². The van der Waals surface area contributed by atoms with Crippen LogP contribution in [0.5, 0.6) is 5.88 Å². The molecule has 1 saturated carbocycles. The predicted octanol–water partition coefficient (Wildman–Crippen LogP) is 2.78. The molecule has 0 aromatic carbocycles.